The SMILES string of the molecule is C.CCCCOc1c2n(ccc1=O)N(C13C(=Cc4c1ccc(F)c4F)Cc1ccccc13)CN(CCc1ccc(F)cc1)C2=O.CCCCOc1c2n(ccc1=O)N(C13C(=Cc4ccccc41)Cc1c3ccc(F)c1F)CN(CCc1ccc(F)cc1)C2=O.CCCCOc1c2n(ccc1=O)N(C13c4ccccc4CC1Cc1c3ccc(F)c1F)CN(CCc1ccc(F)cc1)C2=O. The smallest absolute Gasteiger partial charge is 0.277 e. The number of unbranched alkanes of at least 4 members (excludes halogenated alkanes) is 3. The maximum atomic E-state index is 15.4. The minimum Gasteiger partial charge on any atom is -0.487 e. The van der Waals surface area contributed by atoms with Crippen LogP contribution in [0.2, 0.25) is 0 Å². The standard InChI is InChI=1S/C35H32F3N3O3.2C35H30F3N3O3.CH4/c3*1-2-3-18-44-33-30(42)15-17-40-32(33)34(43)39(16-14-22-8-10-25(36)11-9-22)21-41(40)35-24(19-23-6-4-5-7-27(23)35)20-26-28(35)12-13-29(37)31(26)38;/h4-13,15,17,24H,2-3,14,16,18-21H2,1H3;4-13,15,17,20H,2-3,14,16,18-19,21H2,1H3;4-13,15,17,19H,2-3,14,16,18,20-21H2,1H3;1H4. The van der Waals surface area contributed by atoms with Gasteiger partial charge < -0.3 is 28.9 Å². The number of hydrogen-bond acceptors (Lipinski definition) is 12. The summed E-state index contributed by atoms with van der Waals surface area (Å²) < 4.78 is 154. The number of ether oxygens (including phenoxy) is 3. The average Bonchev–Trinajstić information content (AvgIpc) is 1.53. The Balaban J connectivity index is 0.000000133. The zero-order chi connectivity index (χ0) is 91.8. The molecule has 0 saturated heterocycles. The Morgan fingerprint density at radius 2 is 0.752 bits per heavy atom. The highest BCUT2D eigenvalue weighted by molar-refractivity contribution is 5.99. The van der Waals surface area contributed by atoms with E-state index in [4.69, 9.17) is 14.2 Å². The average molecular weight is 1810 g/mol. The Labute approximate surface area is 762 Å². The molecule has 0 fully saturated rings. The summed E-state index contributed by atoms with van der Waals surface area (Å²) in [5.41, 5.74) is 8.48. The summed E-state index contributed by atoms with van der Waals surface area (Å²) in [5.74, 6) is -7.85. The van der Waals surface area contributed by atoms with Gasteiger partial charge in [-0.2, -0.15) is 0 Å². The molecule has 133 heavy (non-hydrogen) atoms. The summed E-state index contributed by atoms with van der Waals surface area (Å²) in [4.78, 5) is 87.2. The third-order valence-electron chi connectivity index (χ3n) is 27.2. The molecule has 3 aromatic heterocycles. The first-order chi connectivity index (χ1) is 64.0. The van der Waals surface area contributed by atoms with Gasteiger partial charge in [-0.25, -0.2) is 39.5 Å². The highest BCUT2D eigenvalue weighted by Crippen LogP contribution is 2.60. The highest BCUT2D eigenvalue weighted by Gasteiger charge is 2.62. The lowest BCUT2D eigenvalue weighted by atomic mass is 9.81. The molecule has 18 nitrogen and oxygen atoms in total. The van der Waals surface area contributed by atoms with Crippen LogP contribution in [0.1, 0.15) is 182 Å². The van der Waals surface area contributed by atoms with E-state index in [2.05, 4.69) is 6.07 Å². The summed E-state index contributed by atoms with van der Waals surface area (Å²) in [6, 6.07) is 54.5. The topological polar surface area (TPSA) is 164 Å². The van der Waals surface area contributed by atoms with Crippen molar-refractivity contribution in [3.63, 3.8) is 0 Å². The van der Waals surface area contributed by atoms with Crippen LogP contribution in [0, 0.1) is 58.3 Å². The summed E-state index contributed by atoms with van der Waals surface area (Å²) in [6.07, 6.45) is 16.0. The first kappa shape index (κ1) is 89.5. The van der Waals surface area contributed by atoms with Gasteiger partial charge in [0.15, 0.2) is 69.2 Å². The van der Waals surface area contributed by atoms with Gasteiger partial charge >= 0.3 is 0 Å². The highest BCUT2D eigenvalue weighted by atomic mass is 19.2. The van der Waals surface area contributed by atoms with Gasteiger partial charge in [0.2, 0.25) is 16.3 Å². The van der Waals surface area contributed by atoms with Gasteiger partial charge in [0.25, 0.3) is 17.7 Å². The number of pyridine rings is 3. The molecule has 12 aromatic rings. The summed E-state index contributed by atoms with van der Waals surface area (Å²) >= 11 is 0. The predicted octanol–water partition coefficient (Wildman–Crippen LogP) is 18.2. The van der Waals surface area contributed by atoms with E-state index in [0.717, 1.165) is 92.6 Å². The van der Waals surface area contributed by atoms with Crippen LogP contribution in [0.3, 0.4) is 0 Å². The van der Waals surface area contributed by atoms with E-state index in [0.29, 0.717) is 80.0 Å². The van der Waals surface area contributed by atoms with Gasteiger partial charge in [-0.15, -0.1) is 0 Å². The van der Waals surface area contributed by atoms with Crippen LogP contribution in [0.5, 0.6) is 17.2 Å². The molecule has 4 atom stereocenters. The van der Waals surface area contributed by atoms with E-state index in [-0.39, 0.29) is 160 Å². The molecule has 0 bridgehead atoms. The minimum atomic E-state index is -1.08. The van der Waals surface area contributed by atoms with Crippen molar-refractivity contribution in [2.75, 3.05) is 74.5 Å². The minimum absolute atomic E-state index is 0. The Hall–Kier alpha value is -14.1. The number of benzene rings is 9. The van der Waals surface area contributed by atoms with Crippen LogP contribution in [-0.4, -0.2) is 106 Å². The first-order valence-electron chi connectivity index (χ1n) is 44.7. The number of carbonyl (C=O) groups excluding carboxylic acids is 3. The van der Waals surface area contributed by atoms with Crippen molar-refractivity contribution in [3.8, 4) is 17.2 Å². The van der Waals surface area contributed by atoms with Crippen LogP contribution in [0.4, 0.5) is 39.5 Å². The number of carbonyl (C=O) groups is 3. The number of fused-ring (bicyclic) bond motifs is 18. The molecular formula is C106H96F9N9O9. The number of rotatable bonds is 24. The van der Waals surface area contributed by atoms with E-state index in [1.165, 1.54) is 60.7 Å². The van der Waals surface area contributed by atoms with Gasteiger partial charge in [-0.1, -0.05) is 181 Å². The first-order valence-corrected chi connectivity index (χ1v) is 44.7. The summed E-state index contributed by atoms with van der Waals surface area (Å²) in [6.45, 7) is 7.90. The Morgan fingerprint density at radius 3 is 1.23 bits per heavy atom. The van der Waals surface area contributed by atoms with Gasteiger partial charge in [-0.05, 0) is 202 Å². The molecule has 21 rings (SSSR count). The third-order valence-corrected chi connectivity index (χ3v) is 27.2. The molecule has 6 aliphatic carbocycles. The molecule has 9 aromatic carbocycles. The quantitative estimate of drug-likeness (QED) is 0.0416. The van der Waals surface area contributed by atoms with E-state index in [9.17, 15) is 55.1 Å². The van der Waals surface area contributed by atoms with Gasteiger partial charge in [-0.3, -0.25) is 57.8 Å². The van der Waals surface area contributed by atoms with E-state index in [1.807, 2.05) is 109 Å². The lowest BCUT2D eigenvalue weighted by molar-refractivity contribution is 0.0643. The number of halogens is 9. The Kier molecular flexibility index (Phi) is 24.4. The van der Waals surface area contributed by atoms with Crippen molar-refractivity contribution in [1.82, 2.24) is 28.7 Å². The number of amides is 3. The Morgan fingerprint density at radius 1 is 0.361 bits per heavy atom. The molecule has 9 aliphatic rings. The molecule has 0 N–H and O–H groups in total. The van der Waals surface area contributed by atoms with Crippen LogP contribution < -0.4 is 45.5 Å². The molecule has 6 heterocycles. The Bertz CT molecular complexity index is 6730. The molecule has 27 heteroatoms. The molecule has 4 unspecified atom stereocenters. The second kappa shape index (κ2) is 36.2. The van der Waals surface area contributed by atoms with E-state index < -0.39 is 67.8 Å². The monoisotopic (exact) mass is 1810 g/mol. The molecule has 0 saturated carbocycles. The lowest BCUT2D eigenvalue weighted by Crippen LogP contribution is -2.63. The molecular weight excluding hydrogens is 1710 g/mol. The van der Waals surface area contributed by atoms with Crippen molar-refractivity contribution in [1.29, 1.82) is 0 Å². The van der Waals surface area contributed by atoms with Crippen molar-refractivity contribution >= 4 is 29.9 Å². The van der Waals surface area contributed by atoms with Crippen molar-refractivity contribution < 1.29 is 68.1 Å². The van der Waals surface area contributed by atoms with Crippen LogP contribution >= 0.6 is 0 Å². The van der Waals surface area contributed by atoms with E-state index in [1.54, 1.807) is 108 Å². The van der Waals surface area contributed by atoms with Gasteiger partial charge in [0.05, 0.1) is 19.8 Å². The number of nitrogens with zero attached hydrogens (tertiary/aromatic N) is 9. The maximum Gasteiger partial charge on any atom is 0.277 e. The number of hydrogen-bond donors (Lipinski definition) is 0. The predicted molar refractivity (Wildman–Crippen MR) is 488 cm³/mol. The third kappa shape index (κ3) is 15.0. The van der Waals surface area contributed by atoms with Crippen LogP contribution in [0.25, 0.3) is 12.2 Å². The summed E-state index contributed by atoms with van der Waals surface area (Å²) in [7, 11) is 0. The lowest BCUT2D eigenvalue weighted by Gasteiger charge is -2.50. The van der Waals surface area contributed by atoms with Gasteiger partial charge in [0.1, 0.15) is 54.1 Å². The fourth-order valence-electron chi connectivity index (χ4n) is 21.0. The fraction of sp³-hybridized carbons (Fsp3) is 0.283. The molecule has 3 amide bonds. The van der Waals surface area contributed by atoms with Crippen LogP contribution in [-0.2, 0) is 61.6 Å². The fourth-order valence-corrected chi connectivity index (χ4v) is 21.0. The zero-order valence-corrected chi connectivity index (χ0v) is 72.7. The van der Waals surface area contributed by atoms with Crippen molar-refractivity contribution in [3.05, 3.63) is 413 Å². The number of aromatic nitrogens is 3. The summed E-state index contributed by atoms with van der Waals surface area (Å²) in [5, 5.41) is 5.95. The van der Waals surface area contributed by atoms with E-state index >= 15 is 13.2 Å². The second-order valence-corrected chi connectivity index (χ2v) is 34.7. The van der Waals surface area contributed by atoms with Crippen LogP contribution in [0.15, 0.2) is 244 Å². The van der Waals surface area contributed by atoms with Crippen molar-refractivity contribution in [2.45, 2.75) is 128 Å². The molecule has 0 radical (unpaired) electrons. The maximum absolute atomic E-state index is 15.4. The molecule has 3 aliphatic heterocycles. The zero-order valence-electron chi connectivity index (χ0n) is 72.7. The van der Waals surface area contributed by atoms with Crippen molar-refractivity contribution in [2.24, 2.45) is 5.92 Å². The molecule has 0 spiro atoms. The van der Waals surface area contributed by atoms with Gasteiger partial charge in [0, 0.05) is 79.9 Å². The second-order valence-electron chi connectivity index (χ2n) is 34.7. The largest absolute Gasteiger partial charge is 0.487 e. The normalized spacial score (nSPS) is 18.6. The molecule has 682 valence electrons.